The molecule has 0 amide bonds. The fourth-order valence-corrected chi connectivity index (χ4v) is 2.21. The summed E-state index contributed by atoms with van der Waals surface area (Å²) >= 11 is 0. The fourth-order valence-electron chi connectivity index (χ4n) is 2.21. The number of hydrogen-bond donors (Lipinski definition) is 1. The molecule has 1 rings (SSSR count). The maximum absolute atomic E-state index is 3.58. The molecule has 1 N–H and O–H groups in total. The van der Waals surface area contributed by atoms with E-state index in [1.54, 1.807) is 0 Å². The first-order chi connectivity index (χ1) is 6.12. The molecule has 0 aromatic carbocycles. The SMILES string of the molecule is CC(C)NCC1(C)CCCCCC1. The van der Waals surface area contributed by atoms with Crippen LogP contribution in [0.1, 0.15) is 59.3 Å². The molecule has 1 aliphatic carbocycles. The first-order valence-corrected chi connectivity index (χ1v) is 5.86. The Morgan fingerprint density at radius 1 is 1.08 bits per heavy atom. The first-order valence-electron chi connectivity index (χ1n) is 5.86. The Morgan fingerprint density at radius 3 is 2.08 bits per heavy atom. The Bertz CT molecular complexity index is 132. The van der Waals surface area contributed by atoms with Crippen molar-refractivity contribution in [2.45, 2.75) is 65.3 Å². The van der Waals surface area contributed by atoms with E-state index < -0.39 is 0 Å². The second kappa shape index (κ2) is 4.99. The van der Waals surface area contributed by atoms with Crippen LogP contribution in [0.4, 0.5) is 0 Å². The van der Waals surface area contributed by atoms with Crippen molar-refractivity contribution in [3.05, 3.63) is 0 Å². The first kappa shape index (κ1) is 11.0. The molecule has 1 heteroatoms. The van der Waals surface area contributed by atoms with Gasteiger partial charge in [-0.3, -0.25) is 0 Å². The van der Waals surface area contributed by atoms with Crippen molar-refractivity contribution in [1.82, 2.24) is 5.32 Å². The van der Waals surface area contributed by atoms with Crippen LogP contribution >= 0.6 is 0 Å². The lowest BCUT2D eigenvalue weighted by Crippen LogP contribution is -2.35. The zero-order valence-corrected chi connectivity index (χ0v) is 9.53. The molecule has 1 saturated carbocycles. The Kier molecular flexibility index (Phi) is 4.24. The van der Waals surface area contributed by atoms with Crippen LogP contribution in [0.15, 0.2) is 0 Å². The van der Waals surface area contributed by atoms with Gasteiger partial charge in [0.25, 0.3) is 0 Å². The van der Waals surface area contributed by atoms with Crippen LogP contribution in [0.5, 0.6) is 0 Å². The summed E-state index contributed by atoms with van der Waals surface area (Å²) in [4.78, 5) is 0. The van der Waals surface area contributed by atoms with E-state index >= 15 is 0 Å². The van der Waals surface area contributed by atoms with Crippen LogP contribution in [-0.2, 0) is 0 Å². The number of nitrogens with one attached hydrogen (secondary N) is 1. The smallest absolute Gasteiger partial charge is 0.00106 e. The van der Waals surface area contributed by atoms with Crippen molar-refractivity contribution < 1.29 is 0 Å². The van der Waals surface area contributed by atoms with Gasteiger partial charge in [0, 0.05) is 12.6 Å². The van der Waals surface area contributed by atoms with Crippen molar-refractivity contribution in [2.24, 2.45) is 5.41 Å². The quantitative estimate of drug-likeness (QED) is 0.662. The van der Waals surface area contributed by atoms with Gasteiger partial charge in [-0.1, -0.05) is 46.5 Å². The summed E-state index contributed by atoms with van der Waals surface area (Å²) in [7, 11) is 0. The summed E-state index contributed by atoms with van der Waals surface area (Å²) in [5.41, 5.74) is 0.584. The molecule has 13 heavy (non-hydrogen) atoms. The highest BCUT2D eigenvalue weighted by Gasteiger charge is 2.24. The molecule has 0 bridgehead atoms. The van der Waals surface area contributed by atoms with E-state index in [2.05, 4.69) is 26.1 Å². The van der Waals surface area contributed by atoms with Gasteiger partial charge in [-0.05, 0) is 18.3 Å². The molecule has 1 fully saturated rings. The van der Waals surface area contributed by atoms with Crippen LogP contribution in [-0.4, -0.2) is 12.6 Å². The summed E-state index contributed by atoms with van der Waals surface area (Å²) in [6, 6.07) is 0.639. The predicted molar refractivity (Wildman–Crippen MR) is 58.9 cm³/mol. The standard InChI is InChI=1S/C12H25N/c1-11(2)13-10-12(3)8-6-4-5-7-9-12/h11,13H,4-10H2,1-3H3. The van der Waals surface area contributed by atoms with E-state index in [-0.39, 0.29) is 0 Å². The topological polar surface area (TPSA) is 12.0 Å². The second-order valence-electron chi connectivity index (χ2n) is 5.26. The molecule has 0 aromatic rings. The number of hydrogen-bond acceptors (Lipinski definition) is 1. The second-order valence-corrected chi connectivity index (χ2v) is 5.26. The Hall–Kier alpha value is -0.0400. The van der Waals surface area contributed by atoms with Crippen LogP contribution < -0.4 is 5.32 Å². The third-order valence-electron chi connectivity index (χ3n) is 3.25. The summed E-state index contributed by atoms with van der Waals surface area (Å²) in [5, 5.41) is 3.58. The van der Waals surface area contributed by atoms with Gasteiger partial charge in [-0.15, -0.1) is 0 Å². The fraction of sp³-hybridized carbons (Fsp3) is 1.00. The minimum Gasteiger partial charge on any atom is -0.314 e. The average Bonchev–Trinajstić information content (AvgIpc) is 2.28. The maximum Gasteiger partial charge on any atom is 0.00106 e. The molecule has 0 radical (unpaired) electrons. The van der Waals surface area contributed by atoms with Crippen molar-refractivity contribution >= 4 is 0 Å². The third-order valence-corrected chi connectivity index (χ3v) is 3.25. The van der Waals surface area contributed by atoms with E-state index in [1.165, 1.54) is 45.1 Å². The summed E-state index contributed by atoms with van der Waals surface area (Å²) < 4.78 is 0. The normalized spacial score (nSPS) is 23.1. The van der Waals surface area contributed by atoms with Crippen LogP contribution in [0.2, 0.25) is 0 Å². The lowest BCUT2D eigenvalue weighted by molar-refractivity contribution is 0.255. The van der Waals surface area contributed by atoms with Gasteiger partial charge in [0.2, 0.25) is 0 Å². The van der Waals surface area contributed by atoms with Crippen molar-refractivity contribution in [3.63, 3.8) is 0 Å². The van der Waals surface area contributed by atoms with Gasteiger partial charge in [-0.25, -0.2) is 0 Å². The molecular weight excluding hydrogens is 158 g/mol. The molecular formula is C12H25N. The van der Waals surface area contributed by atoms with E-state index in [9.17, 15) is 0 Å². The zero-order chi connectivity index (χ0) is 9.73. The van der Waals surface area contributed by atoms with Crippen LogP contribution in [0.25, 0.3) is 0 Å². The van der Waals surface area contributed by atoms with Crippen molar-refractivity contribution in [2.75, 3.05) is 6.54 Å². The molecule has 0 saturated heterocycles. The highest BCUT2D eigenvalue weighted by Crippen LogP contribution is 2.33. The zero-order valence-electron chi connectivity index (χ0n) is 9.53. The summed E-state index contributed by atoms with van der Waals surface area (Å²) in [6.07, 6.45) is 8.64. The highest BCUT2D eigenvalue weighted by atomic mass is 14.9. The van der Waals surface area contributed by atoms with Crippen molar-refractivity contribution in [1.29, 1.82) is 0 Å². The van der Waals surface area contributed by atoms with E-state index in [0.717, 1.165) is 0 Å². The molecule has 0 heterocycles. The summed E-state index contributed by atoms with van der Waals surface area (Å²) in [6.45, 7) is 8.14. The van der Waals surface area contributed by atoms with Crippen LogP contribution in [0.3, 0.4) is 0 Å². The molecule has 1 aliphatic rings. The lowest BCUT2D eigenvalue weighted by atomic mass is 9.82. The van der Waals surface area contributed by atoms with Crippen LogP contribution in [0, 0.1) is 5.41 Å². The van der Waals surface area contributed by atoms with E-state index in [0.29, 0.717) is 11.5 Å². The van der Waals surface area contributed by atoms with Gasteiger partial charge in [-0.2, -0.15) is 0 Å². The Balaban J connectivity index is 2.33. The van der Waals surface area contributed by atoms with Gasteiger partial charge in [0.15, 0.2) is 0 Å². The van der Waals surface area contributed by atoms with Gasteiger partial charge < -0.3 is 5.32 Å². The third kappa shape index (κ3) is 4.12. The van der Waals surface area contributed by atoms with E-state index in [1.807, 2.05) is 0 Å². The van der Waals surface area contributed by atoms with Gasteiger partial charge in [0.1, 0.15) is 0 Å². The minimum atomic E-state index is 0.584. The van der Waals surface area contributed by atoms with Gasteiger partial charge in [0.05, 0.1) is 0 Å². The molecule has 0 aromatic heterocycles. The molecule has 1 nitrogen and oxygen atoms in total. The monoisotopic (exact) mass is 183 g/mol. The maximum atomic E-state index is 3.58. The predicted octanol–water partition coefficient (Wildman–Crippen LogP) is 3.34. The molecule has 78 valence electrons. The lowest BCUT2D eigenvalue weighted by Gasteiger charge is -2.29. The Morgan fingerprint density at radius 2 is 1.62 bits per heavy atom. The Labute approximate surface area is 83.3 Å². The summed E-state index contributed by atoms with van der Waals surface area (Å²) in [5.74, 6) is 0. The van der Waals surface area contributed by atoms with Crippen molar-refractivity contribution in [3.8, 4) is 0 Å². The number of rotatable bonds is 3. The molecule has 0 unspecified atom stereocenters. The van der Waals surface area contributed by atoms with Gasteiger partial charge >= 0.3 is 0 Å². The largest absolute Gasteiger partial charge is 0.314 e. The minimum absolute atomic E-state index is 0.584. The highest BCUT2D eigenvalue weighted by molar-refractivity contribution is 4.79. The van der Waals surface area contributed by atoms with E-state index in [4.69, 9.17) is 0 Å². The average molecular weight is 183 g/mol. The molecule has 0 aliphatic heterocycles. The molecule has 0 atom stereocenters. The molecule has 0 spiro atoms.